The summed E-state index contributed by atoms with van der Waals surface area (Å²) in [6.45, 7) is 2.00. The van der Waals surface area contributed by atoms with Gasteiger partial charge in [0.25, 0.3) is 0 Å². The van der Waals surface area contributed by atoms with Crippen molar-refractivity contribution in [2.45, 2.75) is 31.1 Å². The lowest BCUT2D eigenvalue weighted by atomic mass is 10.0. The third kappa shape index (κ3) is 3.26. The second-order valence-corrected chi connectivity index (χ2v) is 5.14. The molecule has 2 atom stereocenters. The summed E-state index contributed by atoms with van der Waals surface area (Å²) < 4.78 is 17.1. The Kier molecular flexibility index (Phi) is 4.01. The molecule has 19 heavy (non-hydrogen) atoms. The average Bonchev–Trinajstić information content (AvgIpc) is 3.25. The van der Waals surface area contributed by atoms with Crippen molar-refractivity contribution in [1.82, 2.24) is 5.32 Å². The molecule has 1 aromatic carbocycles. The van der Waals surface area contributed by atoms with Gasteiger partial charge in [-0.25, -0.2) is 0 Å². The van der Waals surface area contributed by atoms with Gasteiger partial charge in [-0.2, -0.15) is 0 Å². The SMILES string of the molecule is CNC(c1cccc(OC2CC2)c1)C1COCCO1. The molecule has 1 aliphatic heterocycles. The van der Waals surface area contributed by atoms with Gasteiger partial charge in [0.05, 0.1) is 32.0 Å². The van der Waals surface area contributed by atoms with E-state index >= 15 is 0 Å². The van der Waals surface area contributed by atoms with Crippen LogP contribution in [0.15, 0.2) is 24.3 Å². The number of benzene rings is 1. The highest BCUT2D eigenvalue weighted by Crippen LogP contribution is 2.29. The zero-order valence-corrected chi connectivity index (χ0v) is 11.3. The van der Waals surface area contributed by atoms with E-state index < -0.39 is 0 Å². The van der Waals surface area contributed by atoms with Gasteiger partial charge < -0.3 is 19.5 Å². The third-order valence-corrected chi connectivity index (χ3v) is 3.57. The summed E-state index contributed by atoms with van der Waals surface area (Å²) in [5, 5.41) is 3.32. The highest BCUT2D eigenvalue weighted by atomic mass is 16.6. The van der Waals surface area contributed by atoms with Crippen LogP contribution in [0.25, 0.3) is 0 Å². The second-order valence-electron chi connectivity index (χ2n) is 5.14. The average molecular weight is 263 g/mol. The molecular weight excluding hydrogens is 242 g/mol. The predicted molar refractivity (Wildman–Crippen MR) is 72.5 cm³/mol. The van der Waals surface area contributed by atoms with Crippen LogP contribution in [0.3, 0.4) is 0 Å². The van der Waals surface area contributed by atoms with Crippen LogP contribution >= 0.6 is 0 Å². The lowest BCUT2D eigenvalue weighted by Gasteiger charge is -2.30. The molecule has 1 N–H and O–H groups in total. The fraction of sp³-hybridized carbons (Fsp3) is 0.600. The Morgan fingerprint density at radius 2 is 2.21 bits per heavy atom. The van der Waals surface area contributed by atoms with Crippen molar-refractivity contribution in [3.63, 3.8) is 0 Å². The van der Waals surface area contributed by atoms with Gasteiger partial charge in [-0.1, -0.05) is 12.1 Å². The molecule has 0 aromatic heterocycles. The van der Waals surface area contributed by atoms with E-state index in [1.165, 1.54) is 18.4 Å². The zero-order chi connectivity index (χ0) is 13.1. The smallest absolute Gasteiger partial charge is 0.120 e. The summed E-state index contributed by atoms with van der Waals surface area (Å²) in [4.78, 5) is 0. The molecule has 3 rings (SSSR count). The summed E-state index contributed by atoms with van der Waals surface area (Å²) >= 11 is 0. The number of likely N-dealkylation sites (N-methyl/N-ethyl adjacent to an activating group) is 1. The number of rotatable bonds is 5. The maximum absolute atomic E-state index is 5.85. The van der Waals surface area contributed by atoms with Crippen molar-refractivity contribution in [2.24, 2.45) is 0 Å². The lowest BCUT2D eigenvalue weighted by molar-refractivity contribution is -0.101. The molecule has 104 valence electrons. The van der Waals surface area contributed by atoms with Crippen molar-refractivity contribution < 1.29 is 14.2 Å². The van der Waals surface area contributed by atoms with Crippen molar-refractivity contribution in [3.8, 4) is 5.75 Å². The van der Waals surface area contributed by atoms with Crippen molar-refractivity contribution in [1.29, 1.82) is 0 Å². The molecule has 4 heteroatoms. The quantitative estimate of drug-likeness (QED) is 0.881. The van der Waals surface area contributed by atoms with E-state index in [2.05, 4.69) is 17.4 Å². The maximum Gasteiger partial charge on any atom is 0.120 e. The maximum atomic E-state index is 5.85. The van der Waals surface area contributed by atoms with Crippen molar-refractivity contribution in [2.75, 3.05) is 26.9 Å². The summed E-state index contributed by atoms with van der Waals surface area (Å²) in [6.07, 6.45) is 2.85. The van der Waals surface area contributed by atoms with Crippen LogP contribution in [-0.4, -0.2) is 39.1 Å². The number of nitrogens with one attached hydrogen (secondary N) is 1. The Hall–Kier alpha value is -1.10. The van der Waals surface area contributed by atoms with Crippen molar-refractivity contribution in [3.05, 3.63) is 29.8 Å². The van der Waals surface area contributed by atoms with Gasteiger partial charge in [0.2, 0.25) is 0 Å². The molecule has 0 amide bonds. The Morgan fingerprint density at radius 3 is 2.89 bits per heavy atom. The van der Waals surface area contributed by atoms with Gasteiger partial charge in [-0.15, -0.1) is 0 Å². The van der Waals surface area contributed by atoms with Gasteiger partial charge in [0.15, 0.2) is 0 Å². The molecule has 0 bridgehead atoms. The molecule has 1 saturated carbocycles. The Morgan fingerprint density at radius 1 is 1.32 bits per heavy atom. The Bertz CT molecular complexity index is 414. The standard InChI is InChI=1S/C15H21NO3/c1-16-15(14-10-17-7-8-18-14)11-3-2-4-13(9-11)19-12-5-6-12/h2-4,9,12,14-16H,5-8,10H2,1H3. The zero-order valence-electron chi connectivity index (χ0n) is 11.3. The fourth-order valence-electron chi connectivity index (χ4n) is 2.43. The van der Waals surface area contributed by atoms with Crippen LogP contribution in [0.2, 0.25) is 0 Å². The first-order chi connectivity index (χ1) is 9.36. The van der Waals surface area contributed by atoms with Crippen LogP contribution in [-0.2, 0) is 9.47 Å². The van der Waals surface area contributed by atoms with Crippen LogP contribution in [0.4, 0.5) is 0 Å². The van der Waals surface area contributed by atoms with E-state index in [1.54, 1.807) is 0 Å². The van der Waals surface area contributed by atoms with Crippen LogP contribution < -0.4 is 10.1 Å². The fourth-order valence-corrected chi connectivity index (χ4v) is 2.43. The number of ether oxygens (including phenoxy) is 3. The van der Waals surface area contributed by atoms with Gasteiger partial charge in [-0.3, -0.25) is 0 Å². The molecule has 0 radical (unpaired) electrons. The monoisotopic (exact) mass is 263 g/mol. The Balaban J connectivity index is 1.73. The van der Waals surface area contributed by atoms with E-state index in [0.29, 0.717) is 25.9 Å². The van der Waals surface area contributed by atoms with Gasteiger partial charge >= 0.3 is 0 Å². The summed E-state index contributed by atoms with van der Waals surface area (Å²) in [5.74, 6) is 0.956. The second kappa shape index (κ2) is 5.90. The number of hydrogen-bond donors (Lipinski definition) is 1. The summed E-state index contributed by atoms with van der Waals surface area (Å²) in [6, 6.07) is 8.42. The van der Waals surface area contributed by atoms with E-state index in [9.17, 15) is 0 Å². The molecule has 2 unspecified atom stereocenters. The minimum atomic E-state index is 0.0647. The topological polar surface area (TPSA) is 39.7 Å². The number of hydrogen-bond acceptors (Lipinski definition) is 4. The highest BCUT2D eigenvalue weighted by Gasteiger charge is 2.27. The van der Waals surface area contributed by atoms with E-state index in [-0.39, 0.29) is 12.1 Å². The third-order valence-electron chi connectivity index (χ3n) is 3.57. The minimum absolute atomic E-state index is 0.0647. The Labute approximate surface area is 114 Å². The van der Waals surface area contributed by atoms with Crippen LogP contribution in [0.1, 0.15) is 24.4 Å². The lowest BCUT2D eigenvalue weighted by Crippen LogP contribution is -2.39. The first-order valence-corrected chi connectivity index (χ1v) is 7.00. The highest BCUT2D eigenvalue weighted by molar-refractivity contribution is 5.31. The minimum Gasteiger partial charge on any atom is -0.490 e. The predicted octanol–water partition coefficient (Wildman–Crippen LogP) is 1.90. The molecule has 1 aromatic rings. The normalized spacial score (nSPS) is 25.0. The summed E-state index contributed by atoms with van der Waals surface area (Å²) in [7, 11) is 1.96. The van der Waals surface area contributed by atoms with Crippen LogP contribution in [0.5, 0.6) is 5.75 Å². The first kappa shape index (κ1) is 12.9. The molecule has 1 aliphatic carbocycles. The van der Waals surface area contributed by atoms with E-state index in [0.717, 1.165) is 5.75 Å². The van der Waals surface area contributed by atoms with E-state index in [4.69, 9.17) is 14.2 Å². The molecule has 2 aliphatic rings. The first-order valence-electron chi connectivity index (χ1n) is 7.00. The van der Waals surface area contributed by atoms with E-state index in [1.807, 2.05) is 19.2 Å². The van der Waals surface area contributed by atoms with Crippen molar-refractivity contribution >= 4 is 0 Å². The molecular formula is C15H21NO3. The van der Waals surface area contributed by atoms with Gasteiger partial charge in [-0.05, 0) is 37.6 Å². The van der Waals surface area contributed by atoms with Gasteiger partial charge in [0.1, 0.15) is 11.9 Å². The largest absolute Gasteiger partial charge is 0.490 e. The van der Waals surface area contributed by atoms with Crippen LogP contribution in [0, 0.1) is 0 Å². The molecule has 0 spiro atoms. The summed E-state index contributed by atoms with van der Waals surface area (Å²) in [5.41, 5.74) is 1.19. The molecule has 1 saturated heterocycles. The molecule has 4 nitrogen and oxygen atoms in total. The molecule has 1 heterocycles. The molecule has 2 fully saturated rings. The van der Waals surface area contributed by atoms with Gasteiger partial charge in [0, 0.05) is 0 Å².